The average Bonchev–Trinajstić information content (AvgIpc) is 2.49. The zero-order valence-corrected chi connectivity index (χ0v) is 9.28. The van der Waals surface area contributed by atoms with Gasteiger partial charge >= 0.3 is 0 Å². The molecule has 0 N–H and O–H groups in total. The number of rotatable bonds is 1. The van der Waals surface area contributed by atoms with Crippen LogP contribution in [0.25, 0.3) is 0 Å². The molecule has 80 valence electrons. The van der Waals surface area contributed by atoms with Crippen LogP contribution in [0, 0.1) is 5.82 Å². The van der Waals surface area contributed by atoms with Crippen molar-refractivity contribution in [2.24, 2.45) is 0 Å². The van der Waals surface area contributed by atoms with E-state index < -0.39 is 5.82 Å². The lowest BCUT2D eigenvalue weighted by Gasteiger charge is -2.19. The number of carbonyl (C=O) groups is 1. The van der Waals surface area contributed by atoms with Crippen molar-refractivity contribution in [3.63, 3.8) is 0 Å². The lowest BCUT2D eigenvalue weighted by molar-refractivity contribution is -0.116. The van der Waals surface area contributed by atoms with E-state index >= 15 is 0 Å². The molecule has 0 aromatic heterocycles. The van der Waals surface area contributed by atoms with Gasteiger partial charge in [-0.3, -0.25) is 4.79 Å². The molecule has 0 atom stereocenters. The zero-order chi connectivity index (χ0) is 11.0. The van der Waals surface area contributed by atoms with Gasteiger partial charge in [0.2, 0.25) is 0 Å². The first kappa shape index (κ1) is 10.7. The Hall–Kier alpha value is -0.800. The first-order valence-electron chi connectivity index (χ1n) is 4.49. The molecule has 0 aliphatic carbocycles. The van der Waals surface area contributed by atoms with Crippen LogP contribution in [0.5, 0.6) is 0 Å². The van der Waals surface area contributed by atoms with E-state index in [1.165, 1.54) is 12.1 Å². The number of benzene rings is 1. The van der Waals surface area contributed by atoms with E-state index in [0.29, 0.717) is 25.2 Å². The number of halogens is 3. The van der Waals surface area contributed by atoms with Gasteiger partial charge in [-0.2, -0.15) is 0 Å². The van der Waals surface area contributed by atoms with Gasteiger partial charge in [0.25, 0.3) is 0 Å². The van der Waals surface area contributed by atoms with Gasteiger partial charge < -0.3 is 4.90 Å². The first-order valence-corrected chi connectivity index (χ1v) is 5.24. The molecule has 1 aromatic rings. The predicted octanol–water partition coefficient (Wildman–Crippen LogP) is 2.91. The van der Waals surface area contributed by atoms with Crippen LogP contribution in [0.4, 0.5) is 10.1 Å². The molecule has 0 bridgehead atoms. The molecule has 1 aliphatic rings. The molecule has 0 unspecified atom stereocenters. The maximum absolute atomic E-state index is 12.9. The Morgan fingerprint density at radius 1 is 1.27 bits per heavy atom. The van der Waals surface area contributed by atoms with Crippen molar-refractivity contribution < 1.29 is 9.18 Å². The quantitative estimate of drug-likeness (QED) is 0.761. The summed E-state index contributed by atoms with van der Waals surface area (Å²) in [5.41, 5.74) is 0.547. The van der Waals surface area contributed by atoms with Gasteiger partial charge in [0, 0.05) is 13.0 Å². The van der Waals surface area contributed by atoms with E-state index in [4.69, 9.17) is 23.2 Å². The van der Waals surface area contributed by atoms with E-state index in [1.54, 1.807) is 4.90 Å². The Kier molecular flexibility index (Phi) is 2.85. The van der Waals surface area contributed by atoms with Crippen molar-refractivity contribution in [1.82, 2.24) is 0 Å². The van der Waals surface area contributed by atoms with Gasteiger partial charge in [-0.25, -0.2) is 4.39 Å². The summed E-state index contributed by atoms with van der Waals surface area (Å²) in [6, 6.07) is 2.40. The Bertz CT molecular complexity index is 399. The minimum absolute atomic E-state index is 0.145. The summed E-state index contributed by atoms with van der Waals surface area (Å²) in [6.45, 7) is 0.884. The average molecular weight is 248 g/mol. The normalized spacial score (nSPS) is 16.2. The smallest absolute Gasteiger partial charge is 0.153 e. The van der Waals surface area contributed by atoms with E-state index in [1.807, 2.05) is 0 Å². The van der Waals surface area contributed by atoms with Gasteiger partial charge in [0.15, 0.2) is 5.78 Å². The Balaban J connectivity index is 2.39. The van der Waals surface area contributed by atoms with Crippen LogP contribution in [-0.4, -0.2) is 18.9 Å². The standard InChI is InChI=1S/C10H8Cl2FNO/c11-8-3-6(13)4-9(12)10(8)14-2-1-7(15)5-14/h3-4H,1-2,5H2. The summed E-state index contributed by atoms with van der Waals surface area (Å²) >= 11 is 11.8. The third-order valence-electron chi connectivity index (χ3n) is 2.33. The fourth-order valence-corrected chi connectivity index (χ4v) is 2.36. The summed E-state index contributed by atoms with van der Waals surface area (Å²) in [6.07, 6.45) is 0.490. The van der Waals surface area contributed by atoms with Crippen molar-refractivity contribution in [3.8, 4) is 0 Å². The minimum atomic E-state index is -0.473. The highest BCUT2D eigenvalue weighted by Crippen LogP contribution is 2.35. The van der Waals surface area contributed by atoms with Crippen LogP contribution < -0.4 is 4.90 Å². The predicted molar refractivity (Wildman–Crippen MR) is 58.3 cm³/mol. The third-order valence-corrected chi connectivity index (χ3v) is 2.90. The van der Waals surface area contributed by atoms with Crippen molar-refractivity contribution in [3.05, 3.63) is 28.0 Å². The lowest BCUT2D eigenvalue weighted by Crippen LogP contribution is -2.20. The minimum Gasteiger partial charge on any atom is -0.361 e. The highest BCUT2D eigenvalue weighted by Gasteiger charge is 2.23. The van der Waals surface area contributed by atoms with Crippen molar-refractivity contribution in [1.29, 1.82) is 0 Å². The van der Waals surface area contributed by atoms with Crippen molar-refractivity contribution >= 4 is 34.7 Å². The number of Topliss-reactive ketones (excluding diaryl/α,β-unsaturated/α-hetero) is 1. The number of hydrogen-bond acceptors (Lipinski definition) is 2. The Labute approximate surface area is 96.6 Å². The lowest BCUT2D eigenvalue weighted by atomic mass is 10.3. The summed E-state index contributed by atoms with van der Waals surface area (Å²) in [5.74, 6) is -0.328. The van der Waals surface area contributed by atoms with E-state index in [9.17, 15) is 9.18 Å². The number of hydrogen-bond donors (Lipinski definition) is 0. The van der Waals surface area contributed by atoms with Gasteiger partial charge in [0.1, 0.15) is 5.82 Å². The fraction of sp³-hybridized carbons (Fsp3) is 0.300. The number of anilines is 1. The second-order valence-corrected chi connectivity index (χ2v) is 4.24. The van der Waals surface area contributed by atoms with Crippen LogP contribution in [0.3, 0.4) is 0 Å². The van der Waals surface area contributed by atoms with Gasteiger partial charge in [-0.1, -0.05) is 23.2 Å². The molecule has 1 fully saturated rings. The maximum Gasteiger partial charge on any atom is 0.153 e. The molecule has 15 heavy (non-hydrogen) atoms. The molecule has 1 aromatic carbocycles. The zero-order valence-electron chi connectivity index (χ0n) is 7.77. The molecule has 0 spiro atoms. The molecule has 1 heterocycles. The molecule has 0 amide bonds. The highest BCUT2D eigenvalue weighted by molar-refractivity contribution is 6.39. The van der Waals surface area contributed by atoms with Gasteiger partial charge in [0.05, 0.1) is 22.3 Å². The number of carbonyl (C=O) groups excluding carboxylic acids is 1. The molecular weight excluding hydrogens is 240 g/mol. The summed E-state index contributed by atoms with van der Waals surface area (Å²) in [5, 5.41) is 0.490. The Morgan fingerprint density at radius 3 is 2.33 bits per heavy atom. The van der Waals surface area contributed by atoms with E-state index in [-0.39, 0.29) is 15.8 Å². The van der Waals surface area contributed by atoms with Crippen LogP contribution in [-0.2, 0) is 4.79 Å². The van der Waals surface area contributed by atoms with E-state index in [0.717, 1.165) is 0 Å². The summed E-state index contributed by atoms with van der Waals surface area (Å²) in [4.78, 5) is 12.9. The molecule has 0 radical (unpaired) electrons. The summed E-state index contributed by atoms with van der Waals surface area (Å²) in [7, 11) is 0. The topological polar surface area (TPSA) is 20.3 Å². The van der Waals surface area contributed by atoms with Gasteiger partial charge in [-0.05, 0) is 12.1 Å². The second kappa shape index (κ2) is 3.99. The van der Waals surface area contributed by atoms with Gasteiger partial charge in [-0.15, -0.1) is 0 Å². The fourth-order valence-electron chi connectivity index (χ4n) is 1.66. The maximum atomic E-state index is 12.9. The molecule has 5 heteroatoms. The molecular formula is C10H8Cl2FNO. The monoisotopic (exact) mass is 247 g/mol. The molecule has 1 saturated heterocycles. The van der Waals surface area contributed by atoms with Crippen LogP contribution in [0.1, 0.15) is 6.42 Å². The molecule has 1 aliphatic heterocycles. The van der Waals surface area contributed by atoms with Crippen molar-refractivity contribution in [2.75, 3.05) is 18.0 Å². The number of nitrogens with zero attached hydrogens (tertiary/aromatic N) is 1. The van der Waals surface area contributed by atoms with Crippen molar-refractivity contribution in [2.45, 2.75) is 6.42 Å². The third kappa shape index (κ3) is 2.08. The second-order valence-electron chi connectivity index (χ2n) is 3.43. The highest BCUT2D eigenvalue weighted by atomic mass is 35.5. The SMILES string of the molecule is O=C1CCN(c2c(Cl)cc(F)cc2Cl)C1. The number of ketones is 1. The van der Waals surface area contributed by atoms with Crippen LogP contribution in [0.15, 0.2) is 12.1 Å². The van der Waals surface area contributed by atoms with Crippen LogP contribution >= 0.6 is 23.2 Å². The molecule has 0 saturated carbocycles. The van der Waals surface area contributed by atoms with E-state index in [2.05, 4.69) is 0 Å². The molecule has 2 nitrogen and oxygen atoms in total. The largest absolute Gasteiger partial charge is 0.361 e. The first-order chi connectivity index (χ1) is 7.08. The van der Waals surface area contributed by atoms with Crippen LogP contribution in [0.2, 0.25) is 10.0 Å². The summed E-state index contributed by atoms with van der Waals surface area (Å²) < 4.78 is 12.9. The molecule has 2 rings (SSSR count). The Morgan fingerprint density at radius 2 is 1.87 bits per heavy atom.